The van der Waals surface area contributed by atoms with Gasteiger partial charge in [0.05, 0.1) is 5.41 Å². The zero-order valence-corrected chi connectivity index (χ0v) is 11.1. The first kappa shape index (κ1) is 11.5. The van der Waals surface area contributed by atoms with Gasteiger partial charge < -0.3 is 10.2 Å². The Kier molecular flexibility index (Phi) is 2.46. The van der Waals surface area contributed by atoms with Crippen molar-refractivity contribution in [3.63, 3.8) is 0 Å². The van der Waals surface area contributed by atoms with Crippen LogP contribution in [0.15, 0.2) is 30.3 Å². The Morgan fingerprint density at radius 3 is 2.32 bits per heavy atom. The van der Waals surface area contributed by atoms with Crippen molar-refractivity contribution >= 4 is 5.91 Å². The minimum atomic E-state index is -0.173. The second-order valence-electron chi connectivity index (χ2n) is 6.34. The third kappa shape index (κ3) is 1.71. The Morgan fingerprint density at radius 1 is 1.11 bits per heavy atom. The van der Waals surface area contributed by atoms with Crippen LogP contribution in [0.4, 0.5) is 0 Å². The van der Waals surface area contributed by atoms with Crippen LogP contribution in [0.1, 0.15) is 18.4 Å². The average molecular weight is 256 g/mol. The van der Waals surface area contributed by atoms with E-state index in [0.29, 0.717) is 17.7 Å². The molecule has 3 nitrogen and oxygen atoms in total. The largest absolute Gasteiger partial charge is 0.341 e. The van der Waals surface area contributed by atoms with Crippen LogP contribution in [0.25, 0.3) is 0 Å². The van der Waals surface area contributed by atoms with E-state index in [1.54, 1.807) is 0 Å². The Morgan fingerprint density at radius 2 is 1.74 bits per heavy atom. The fourth-order valence-corrected chi connectivity index (χ4v) is 3.83. The molecule has 4 rings (SSSR count). The fourth-order valence-electron chi connectivity index (χ4n) is 3.83. The first-order valence-corrected chi connectivity index (χ1v) is 7.35. The van der Waals surface area contributed by atoms with Crippen LogP contribution in [-0.4, -0.2) is 37.0 Å². The van der Waals surface area contributed by atoms with E-state index < -0.39 is 0 Å². The van der Waals surface area contributed by atoms with Crippen LogP contribution in [0.2, 0.25) is 0 Å². The van der Waals surface area contributed by atoms with E-state index in [4.69, 9.17) is 0 Å². The molecule has 2 unspecified atom stereocenters. The number of benzene rings is 1. The van der Waals surface area contributed by atoms with E-state index in [0.717, 1.165) is 39.0 Å². The molecule has 2 heterocycles. The Balaban J connectivity index is 1.55. The highest BCUT2D eigenvalue weighted by Crippen LogP contribution is 2.50. The van der Waals surface area contributed by atoms with Gasteiger partial charge in [-0.1, -0.05) is 30.3 Å². The van der Waals surface area contributed by atoms with E-state index >= 15 is 0 Å². The quantitative estimate of drug-likeness (QED) is 0.867. The number of carbonyl (C=O) groups is 1. The van der Waals surface area contributed by atoms with Crippen molar-refractivity contribution in [3.8, 4) is 0 Å². The van der Waals surface area contributed by atoms with E-state index in [9.17, 15) is 4.79 Å². The molecular weight excluding hydrogens is 236 g/mol. The predicted octanol–water partition coefficient (Wildman–Crippen LogP) is 1.40. The van der Waals surface area contributed by atoms with Crippen LogP contribution < -0.4 is 5.32 Å². The summed E-state index contributed by atoms with van der Waals surface area (Å²) >= 11 is 0. The van der Waals surface area contributed by atoms with Crippen molar-refractivity contribution in [2.24, 2.45) is 11.8 Å². The first-order valence-electron chi connectivity index (χ1n) is 7.35. The SMILES string of the molecule is O=C(N1CC2CNCC2C1)C1(c2ccccc2)CC1. The molecule has 0 bridgehead atoms. The van der Waals surface area contributed by atoms with Crippen molar-refractivity contribution < 1.29 is 4.79 Å². The van der Waals surface area contributed by atoms with Gasteiger partial charge in [0.15, 0.2) is 0 Å². The van der Waals surface area contributed by atoms with Crippen molar-refractivity contribution in [2.75, 3.05) is 26.2 Å². The molecule has 19 heavy (non-hydrogen) atoms. The maximum absolute atomic E-state index is 12.9. The number of fused-ring (bicyclic) bond motifs is 1. The van der Waals surface area contributed by atoms with Gasteiger partial charge in [0.2, 0.25) is 5.91 Å². The summed E-state index contributed by atoms with van der Waals surface area (Å²) in [5.74, 6) is 1.76. The summed E-state index contributed by atoms with van der Waals surface area (Å²) in [4.78, 5) is 15.0. The van der Waals surface area contributed by atoms with E-state index in [1.165, 1.54) is 5.56 Å². The van der Waals surface area contributed by atoms with Gasteiger partial charge >= 0.3 is 0 Å². The summed E-state index contributed by atoms with van der Waals surface area (Å²) in [5, 5.41) is 3.43. The number of hydrogen-bond donors (Lipinski definition) is 1. The third-order valence-corrected chi connectivity index (χ3v) is 5.16. The lowest BCUT2D eigenvalue weighted by Crippen LogP contribution is -2.39. The van der Waals surface area contributed by atoms with Crippen molar-refractivity contribution in [1.82, 2.24) is 10.2 Å². The number of likely N-dealkylation sites (tertiary alicyclic amines) is 1. The summed E-state index contributed by atoms with van der Waals surface area (Å²) in [6, 6.07) is 10.3. The van der Waals surface area contributed by atoms with Crippen LogP contribution in [0, 0.1) is 11.8 Å². The molecular formula is C16H20N2O. The molecule has 2 atom stereocenters. The number of hydrogen-bond acceptors (Lipinski definition) is 2. The van der Waals surface area contributed by atoms with Crippen molar-refractivity contribution in [1.29, 1.82) is 0 Å². The molecule has 0 radical (unpaired) electrons. The molecule has 1 aromatic rings. The first-order chi connectivity index (χ1) is 9.29. The van der Waals surface area contributed by atoms with E-state index in [-0.39, 0.29) is 5.41 Å². The Hall–Kier alpha value is -1.35. The minimum absolute atomic E-state index is 0.173. The molecule has 2 saturated heterocycles. The van der Waals surface area contributed by atoms with Gasteiger partial charge in [-0.15, -0.1) is 0 Å². The fraction of sp³-hybridized carbons (Fsp3) is 0.562. The summed E-state index contributed by atoms with van der Waals surface area (Å²) in [6.07, 6.45) is 2.06. The van der Waals surface area contributed by atoms with Gasteiger partial charge in [-0.3, -0.25) is 4.79 Å². The Bertz CT molecular complexity index is 483. The molecule has 3 heteroatoms. The predicted molar refractivity (Wildman–Crippen MR) is 73.8 cm³/mol. The molecule has 1 aliphatic carbocycles. The molecule has 0 spiro atoms. The number of rotatable bonds is 2. The smallest absolute Gasteiger partial charge is 0.233 e. The Labute approximate surface area is 114 Å². The molecule has 1 amide bonds. The van der Waals surface area contributed by atoms with Gasteiger partial charge in [-0.25, -0.2) is 0 Å². The van der Waals surface area contributed by atoms with Crippen LogP contribution >= 0.6 is 0 Å². The standard InChI is InChI=1S/C16H20N2O/c19-15(18-10-12-8-17-9-13(12)11-18)16(6-7-16)14-4-2-1-3-5-14/h1-5,12-13,17H,6-11H2. The highest BCUT2D eigenvalue weighted by molar-refractivity contribution is 5.91. The van der Waals surface area contributed by atoms with Crippen LogP contribution in [0.3, 0.4) is 0 Å². The van der Waals surface area contributed by atoms with Gasteiger partial charge in [0, 0.05) is 26.2 Å². The number of nitrogens with one attached hydrogen (secondary N) is 1. The summed E-state index contributed by atoms with van der Waals surface area (Å²) in [7, 11) is 0. The highest BCUT2D eigenvalue weighted by Gasteiger charge is 2.54. The van der Waals surface area contributed by atoms with Crippen LogP contribution in [0.5, 0.6) is 0 Å². The highest BCUT2D eigenvalue weighted by atomic mass is 16.2. The molecule has 3 aliphatic rings. The van der Waals surface area contributed by atoms with Gasteiger partial charge in [0.1, 0.15) is 0 Å². The monoisotopic (exact) mass is 256 g/mol. The minimum Gasteiger partial charge on any atom is -0.341 e. The van der Waals surface area contributed by atoms with Gasteiger partial charge in [0.25, 0.3) is 0 Å². The van der Waals surface area contributed by atoms with Gasteiger partial charge in [-0.05, 0) is 30.2 Å². The molecule has 1 saturated carbocycles. The van der Waals surface area contributed by atoms with Gasteiger partial charge in [-0.2, -0.15) is 0 Å². The lowest BCUT2D eigenvalue weighted by Gasteiger charge is -2.24. The topological polar surface area (TPSA) is 32.3 Å². The molecule has 3 fully saturated rings. The lowest BCUT2D eigenvalue weighted by atomic mass is 9.94. The maximum atomic E-state index is 12.9. The molecule has 0 aromatic heterocycles. The maximum Gasteiger partial charge on any atom is 0.233 e. The second-order valence-corrected chi connectivity index (χ2v) is 6.34. The number of carbonyl (C=O) groups excluding carboxylic acids is 1. The third-order valence-electron chi connectivity index (χ3n) is 5.16. The summed E-state index contributed by atoms with van der Waals surface area (Å²) < 4.78 is 0. The zero-order valence-electron chi connectivity index (χ0n) is 11.1. The molecule has 1 aromatic carbocycles. The normalized spacial score (nSPS) is 31.3. The molecule has 100 valence electrons. The zero-order chi connectivity index (χ0) is 12.9. The molecule has 1 N–H and O–H groups in total. The lowest BCUT2D eigenvalue weighted by molar-refractivity contribution is -0.133. The summed E-state index contributed by atoms with van der Waals surface area (Å²) in [6.45, 7) is 4.11. The molecule has 2 aliphatic heterocycles. The van der Waals surface area contributed by atoms with Crippen LogP contribution in [-0.2, 0) is 10.2 Å². The van der Waals surface area contributed by atoms with E-state index in [2.05, 4.69) is 22.3 Å². The van der Waals surface area contributed by atoms with Crippen molar-refractivity contribution in [3.05, 3.63) is 35.9 Å². The number of amides is 1. The summed E-state index contributed by atoms with van der Waals surface area (Å²) in [5.41, 5.74) is 1.04. The average Bonchev–Trinajstić information content (AvgIpc) is 2.97. The number of nitrogens with zero attached hydrogens (tertiary/aromatic N) is 1. The second kappa shape index (κ2) is 4.07. The van der Waals surface area contributed by atoms with E-state index in [1.807, 2.05) is 18.2 Å². The van der Waals surface area contributed by atoms with Crippen molar-refractivity contribution in [2.45, 2.75) is 18.3 Å².